The third-order valence-electron chi connectivity index (χ3n) is 3.82. The Morgan fingerprint density at radius 3 is 2.68 bits per heavy atom. The van der Waals surface area contributed by atoms with Crippen molar-refractivity contribution >= 4 is 17.9 Å². The lowest BCUT2D eigenvalue weighted by molar-refractivity contribution is -0.149. The van der Waals surface area contributed by atoms with E-state index in [0.29, 0.717) is 19.3 Å². The molecule has 2 aliphatic rings. The van der Waals surface area contributed by atoms with Crippen molar-refractivity contribution in [3.63, 3.8) is 0 Å². The molecule has 3 unspecified atom stereocenters. The van der Waals surface area contributed by atoms with Gasteiger partial charge < -0.3 is 15.2 Å². The first-order valence-electron chi connectivity index (χ1n) is 6.39. The highest BCUT2D eigenvalue weighted by Gasteiger charge is 2.47. The van der Waals surface area contributed by atoms with Gasteiger partial charge in [0.1, 0.15) is 5.54 Å². The monoisotopic (exact) mass is 270 g/mol. The molecule has 0 saturated carbocycles. The maximum Gasteiger partial charge on any atom is 0.332 e. The molecule has 2 rings (SSSR count). The Labute approximate surface area is 110 Å². The lowest BCUT2D eigenvalue weighted by Crippen LogP contribution is -2.44. The van der Waals surface area contributed by atoms with Gasteiger partial charge in [-0.3, -0.25) is 9.69 Å². The molecule has 0 bridgehead atoms. The van der Waals surface area contributed by atoms with E-state index >= 15 is 0 Å². The first-order chi connectivity index (χ1) is 8.87. The third-order valence-corrected chi connectivity index (χ3v) is 3.82. The SMILES string of the molecule is CCC1(C)NC(=O)N(CC2CCC(C(=O)O)O2)C1=O. The van der Waals surface area contributed by atoms with E-state index in [0.717, 1.165) is 4.90 Å². The number of hydrogen-bond donors (Lipinski definition) is 2. The van der Waals surface area contributed by atoms with E-state index in [2.05, 4.69) is 5.32 Å². The number of carbonyl (C=O) groups excluding carboxylic acids is 2. The van der Waals surface area contributed by atoms with Crippen LogP contribution < -0.4 is 5.32 Å². The standard InChI is InChI=1S/C12H18N2O5/c1-3-12(2)10(17)14(11(18)13-12)6-7-4-5-8(19-7)9(15)16/h7-8H,3-6H2,1-2H3,(H,13,18)(H,15,16). The van der Waals surface area contributed by atoms with Crippen LogP contribution >= 0.6 is 0 Å². The van der Waals surface area contributed by atoms with Gasteiger partial charge >= 0.3 is 12.0 Å². The molecule has 2 N–H and O–H groups in total. The average molecular weight is 270 g/mol. The number of nitrogens with zero attached hydrogens (tertiary/aromatic N) is 1. The molecule has 0 radical (unpaired) electrons. The van der Waals surface area contributed by atoms with Crippen molar-refractivity contribution in [2.24, 2.45) is 0 Å². The second-order valence-corrected chi connectivity index (χ2v) is 5.19. The summed E-state index contributed by atoms with van der Waals surface area (Å²) in [5.74, 6) is -1.28. The number of aliphatic carboxylic acids is 1. The fourth-order valence-corrected chi connectivity index (χ4v) is 2.38. The molecular weight excluding hydrogens is 252 g/mol. The Balaban J connectivity index is 1.99. The highest BCUT2D eigenvalue weighted by Crippen LogP contribution is 2.25. The van der Waals surface area contributed by atoms with Gasteiger partial charge in [-0.05, 0) is 26.2 Å². The van der Waals surface area contributed by atoms with Crippen LogP contribution in [0.3, 0.4) is 0 Å². The largest absolute Gasteiger partial charge is 0.479 e. The minimum atomic E-state index is -1.00. The highest BCUT2D eigenvalue weighted by molar-refractivity contribution is 6.06. The second kappa shape index (κ2) is 4.80. The zero-order chi connectivity index (χ0) is 14.2. The van der Waals surface area contributed by atoms with Crippen LogP contribution in [0.2, 0.25) is 0 Å². The number of hydrogen-bond acceptors (Lipinski definition) is 4. The minimum Gasteiger partial charge on any atom is -0.479 e. The molecule has 19 heavy (non-hydrogen) atoms. The van der Waals surface area contributed by atoms with Crippen molar-refractivity contribution in [2.75, 3.05) is 6.54 Å². The van der Waals surface area contributed by atoms with E-state index in [9.17, 15) is 14.4 Å². The molecule has 0 aromatic carbocycles. The fraction of sp³-hybridized carbons (Fsp3) is 0.750. The minimum absolute atomic E-state index is 0.115. The van der Waals surface area contributed by atoms with Crippen molar-refractivity contribution in [2.45, 2.75) is 50.9 Å². The number of urea groups is 1. The van der Waals surface area contributed by atoms with Gasteiger partial charge in [0.15, 0.2) is 6.10 Å². The number of carboxylic acid groups (broad SMARTS) is 1. The molecule has 0 aliphatic carbocycles. The smallest absolute Gasteiger partial charge is 0.332 e. The molecule has 0 aromatic heterocycles. The van der Waals surface area contributed by atoms with Crippen LogP contribution in [0.5, 0.6) is 0 Å². The molecule has 2 aliphatic heterocycles. The number of amides is 3. The first-order valence-corrected chi connectivity index (χ1v) is 6.39. The van der Waals surface area contributed by atoms with E-state index in [4.69, 9.17) is 9.84 Å². The molecule has 7 nitrogen and oxygen atoms in total. The summed E-state index contributed by atoms with van der Waals surface area (Å²) in [6.07, 6.45) is 0.237. The maximum atomic E-state index is 12.1. The molecule has 2 heterocycles. The van der Waals surface area contributed by atoms with Gasteiger partial charge in [0, 0.05) is 0 Å². The summed E-state index contributed by atoms with van der Waals surface area (Å²) in [5, 5.41) is 11.5. The highest BCUT2D eigenvalue weighted by atomic mass is 16.5. The Hall–Kier alpha value is -1.63. The van der Waals surface area contributed by atoms with Crippen LogP contribution in [-0.2, 0) is 14.3 Å². The summed E-state index contributed by atoms with van der Waals surface area (Å²) in [5.41, 5.74) is -0.859. The molecule has 2 fully saturated rings. The number of nitrogens with one attached hydrogen (secondary N) is 1. The predicted molar refractivity (Wildman–Crippen MR) is 64.5 cm³/mol. The van der Waals surface area contributed by atoms with Crippen molar-refractivity contribution < 1.29 is 24.2 Å². The quantitative estimate of drug-likeness (QED) is 0.718. The average Bonchev–Trinajstić information content (AvgIpc) is 2.90. The summed E-state index contributed by atoms with van der Waals surface area (Å²) in [7, 11) is 0. The maximum absolute atomic E-state index is 12.1. The Bertz CT molecular complexity index is 424. The van der Waals surface area contributed by atoms with Crippen molar-refractivity contribution in [1.29, 1.82) is 0 Å². The number of imide groups is 1. The van der Waals surface area contributed by atoms with Gasteiger partial charge in [-0.2, -0.15) is 0 Å². The lowest BCUT2D eigenvalue weighted by atomic mass is 9.99. The van der Waals surface area contributed by atoms with Crippen LogP contribution in [0.15, 0.2) is 0 Å². The summed E-state index contributed by atoms with van der Waals surface area (Å²) in [6.45, 7) is 3.63. The van der Waals surface area contributed by atoms with E-state index in [1.807, 2.05) is 6.92 Å². The number of ether oxygens (including phenoxy) is 1. The first kappa shape index (κ1) is 13.8. The van der Waals surface area contributed by atoms with Gasteiger partial charge in [-0.25, -0.2) is 9.59 Å². The van der Waals surface area contributed by atoms with Gasteiger partial charge in [0.05, 0.1) is 12.6 Å². The zero-order valence-corrected chi connectivity index (χ0v) is 11.0. The molecule has 3 atom stereocenters. The Kier molecular flexibility index (Phi) is 3.49. The molecule has 106 valence electrons. The van der Waals surface area contributed by atoms with Crippen LogP contribution in [-0.4, -0.2) is 52.2 Å². The normalized spacial score (nSPS) is 34.7. The Morgan fingerprint density at radius 2 is 2.21 bits per heavy atom. The number of carbonyl (C=O) groups is 3. The molecule has 0 spiro atoms. The van der Waals surface area contributed by atoms with Gasteiger partial charge in [-0.15, -0.1) is 0 Å². The van der Waals surface area contributed by atoms with Crippen LogP contribution in [0.1, 0.15) is 33.1 Å². The van der Waals surface area contributed by atoms with Gasteiger partial charge in [0.2, 0.25) is 0 Å². The third kappa shape index (κ3) is 2.42. The van der Waals surface area contributed by atoms with E-state index < -0.39 is 29.7 Å². The van der Waals surface area contributed by atoms with Gasteiger partial charge in [0.25, 0.3) is 5.91 Å². The van der Waals surface area contributed by atoms with Crippen LogP contribution in [0.4, 0.5) is 4.79 Å². The predicted octanol–water partition coefficient (Wildman–Crippen LogP) is 0.339. The summed E-state index contributed by atoms with van der Waals surface area (Å²) in [6, 6.07) is -0.434. The molecule has 3 amide bonds. The molecule has 7 heteroatoms. The number of rotatable bonds is 4. The zero-order valence-electron chi connectivity index (χ0n) is 11.0. The van der Waals surface area contributed by atoms with Crippen molar-refractivity contribution in [3.05, 3.63) is 0 Å². The second-order valence-electron chi connectivity index (χ2n) is 5.19. The lowest BCUT2D eigenvalue weighted by Gasteiger charge is -2.21. The molecule has 2 saturated heterocycles. The van der Waals surface area contributed by atoms with Gasteiger partial charge in [-0.1, -0.05) is 6.92 Å². The van der Waals surface area contributed by atoms with Crippen molar-refractivity contribution in [1.82, 2.24) is 10.2 Å². The Morgan fingerprint density at radius 1 is 1.53 bits per heavy atom. The summed E-state index contributed by atoms with van der Waals surface area (Å²) < 4.78 is 5.31. The van der Waals surface area contributed by atoms with Crippen LogP contribution in [0, 0.1) is 0 Å². The molecule has 0 aromatic rings. The van der Waals surface area contributed by atoms with E-state index in [-0.39, 0.29) is 12.5 Å². The van der Waals surface area contributed by atoms with Crippen molar-refractivity contribution in [3.8, 4) is 0 Å². The summed E-state index contributed by atoms with van der Waals surface area (Å²) in [4.78, 5) is 35.8. The number of carboxylic acids is 1. The molecular formula is C12H18N2O5. The van der Waals surface area contributed by atoms with E-state index in [1.54, 1.807) is 6.92 Å². The fourth-order valence-electron chi connectivity index (χ4n) is 2.38. The summed E-state index contributed by atoms with van der Waals surface area (Å²) >= 11 is 0. The van der Waals surface area contributed by atoms with Crippen LogP contribution in [0.25, 0.3) is 0 Å². The van der Waals surface area contributed by atoms with E-state index in [1.165, 1.54) is 0 Å². The topological polar surface area (TPSA) is 95.9 Å².